The van der Waals surface area contributed by atoms with Gasteiger partial charge in [0.15, 0.2) is 0 Å². The Bertz CT molecular complexity index is 979. The Morgan fingerprint density at radius 3 is 2.61 bits per heavy atom. The van der Waals surface area contributed by atoms with Crippen LogP contribution in [-0.2, 0) is 13.0 Å². The molecular weight excluding hydrogens is 354 g/mol. The van der Waals surface area contributed by atoms with E-state index in [2.05, 4.69) is 21.7 Å². The molecule has 0 aliphatic heterocycles. The number of aromatic nitrogens is 1. The molecule has 1 atom stereocenters. The fourth-order valence-corrected chi connectivity index (χ4v) is 3.85. The molecule has 0 spiro atoms. The fraction of sp³-hybridized carbons (Fsp3) is 0.318. The second-order valence-electron chi connectivity index (χ2n) is 7.05. The second kappa shape index (κ2) is 7.84. The number of urea groups is 1. The molecule has 146 valence electrons. The van der Waals surface area contributed by atoms with Crippen molar-refractivity contribution in [2.45, 2.75) is 31.8 Å². The van der Waals surface area contributed by atoms with Crippen LogP contribution >= 0.6 is 0 Å². The van der Waals surface area contributed by atoms with Crippen LogP contribution in [0.1, 0.15) is 35.7 Å². The quantitative estimate of drug-likeness (QED) is 0.626. The van der Waals surface area contributed by atoms with Gasteiger partial charge >= 0.3 is 6.03 Å². The molecule has 0 fully saturated rings. The lowest BCUT2D eigenvalue weighted by atomic mass is 9.92. The third-order valence-electron chi connectivity index (χ3n) is 5.33. The standard InChI is InChI=1S/C22H25N3O3/c1-27-15-8-6-14(7-9-15)13-23-22(26)25-20-5-3-4-17-18-12-16(28-2)10-11-19(18)24-21(17)20/h6-12,20,24H,3-5,13H2,1-2H3,(H2,23,25,26)/t20-/m0/s1. The molecule has 2 aromatic carbocycles. The minimum atomic E-state index is -0.162. The van der Waals surface area contributed by atoms with Gasteiger partial charge in [-0.05, 0) is 60.7 Å². The average Bonchev–Trinajstić information content (AvgIpc) is 3.11. The Labute approximate surface area is 164 Å². The van der Waals surface area contributed by atoms with Crippen molar-refractivity contribution in [3.63, 3.8) is 0 Å². The summed E-state index contributed by atoms with van der Waals surface area (Å²) in [5.74, 6) is 1.65. The van der Waals surface area contributed by atoms with E-state index in [1.54, 1.807) is 14.2 Å². The van der Waals surface area contributed by atoms with E-state index in [-0.39, 0.29) is 12.1 Å². The van der Waals surface area contributed by atoms with E-state index in [9.17, 15) is 4.79 Å². The van der Waals surface area contributed by atoms with Crippen LogP contribution in [0.5, 0.6) is 11.5 Å². The van der Waals surface area contributed by atoms with Crippen molar-refractivity contribution >= 4 is 16.9 Å². The number of carbonyl (C=O) groups excluding carboxylic acids is 1. The number of ether oxygens (including phenoxy) is 2. The van der Waals surface area contributed by atoms with Gasteiger partial charge in [-0.1, -0.05) is 12.1 Å². The van der Waals surface area contributed by atoms with Gasteiger partial charge in [-0.3, -0.25) is 0 Å². The topological polar surface area (TPSA) is 75.4 Å². The molecule has 4 rings (SSSR count). The van der Waals surface area contributed by atoms with Gasteiger partial charge in [0, 0.05) is 23.1 Å². The second-order valence-corrected chi connectivity index (χ2v) is 7.05. The number of fused-ring (bicyclic) bond motifs is 3. The maximum absolute atomic E-state index is 12.5. The van der Waals surface area contributed by atoms with Gasteiger partial charge in [0.25, 0.3) is 0 Å². The van der Waals surface area contributed by atoms with Crippen LogP contribution in [0.3, 0.4) is 0 Å². The van der Waals surface area contributed by atoms with Gasteiger partial charge < -0.3 is 25.1 Å². The van der Waals surface area contributed by atoms with Crippen molar-refractivity contribution in [1.82, 2.24) is 15.6 Å². The number of methoxy groups -OCH3 is 2. The molecule has 28 heavy (non-hydrogen) atoms. The minimum Gasteiger partial charge on any atom is -0.497 e. The zero-order chi connectivity index (χ0) is 19.5. The molecule has 1 aliphatic rings. The Morgan fingerprint density at radius 1 is 1.11 bits per heavy atom. The summed E-state index contributed by atoms with van der Waals surface area (Å²) in [5, 5.41) is 7.24. The zero-order valence-electron chi connectivity index (χ0n) is 16.2. The molecule has 6 heteroatoms. The largest absolute Gasteiger partial charge is 0.497 e. The zero-order valence-corrected chi connectivity index (χ0v) is 16.2. The number of benzene rings is 2. The van der Waals surface area contributed by atoms with Crippen LogP contribution in [0.2, 0.25) is 0 Å². The van der Waals surface area contributed by atoms with E-state index in [0.29, 0.717) is 6.54 Å². The maximum atomic E-state index is 12.5. The van der Waals surface area contributed by atoms with Gasteiger partial charge in [-0.25, -0.2) is 4.79 Å². The predicted molar refractivity (Wildman–Crippen MR) is 109 cm³/mol. The van der Waals surface area contributed by atoms with Gasteiger partial charge in [0.2, 0.25) is 0 Å². The molecule has 0 bridgehead atoms. The van der Waals surface area contributed by atoms with Crippen LogP contribution in [0, 0.1) is 0 Å². The highest BCUT2D eigenvalue weighted by molar-refractivity contribution is 5.87. The van der Waals surface area contributed by atoms with Gasteiger partial charge in [0.1, 0.15) is 11.5 Å². The highest BCUT2D eigenvalue weighted by Crippen LogP contribution is 2.36. The molecule has 0 saturated heterocycles. The van der Waals surface area contributed by atoms with E-state index < -0.39 is 0 Å². The molecule has 1 aliphatic carbocycles. The summed E-state index contributed by atoms with van der Waals surface area (Å²) in [7, 11) is 3.32. The van der Waals surface area contributed by atoms with Gasteiger partial charge in [-0.15, -0.1) is 0 Å². The van der Waals surface area contributed by atoms with Crippen LogP contribution < -0.4 is 20.1 Å². The molecule has 0 saturated carbocycles. The number of amides is 2. The van der Waals surface area contributed by atoms with Crippen LogP contribution in [0.4, 0.5) is 4.79 Å². The van der Waals surface area contributed by atoms with Crippen molar-refractivity contribution in [2.75, 3.05) is 14.2 Å². The van der Waals surface area contributed by atoms with E-state index in [4.69, 9.17) is 9.47 Å². The fourth-order valence-electron chi connectivity index (χ4n) is 3.85. The molecular formula is C22H25N3O3. The number of aryl methyl sites for hydroxylation is 1. The number of rotatable bonds is 5. The molecule has 2 amide bonds. The van der Waals surface area contributed by atoms with Crippen molar-refractivity contribution in [2.24, 2.45) is 0 Å². The minimum absolute atomic E-state index is 0.0157. The lowest BCUT2D eigenvalue weighted by Crippen LogP contribution is -2.38. The SMILES string of the molecule is COc1ccc(CNC(=O)N[C@H]2CCCc3c2[nH]c2ccc(OC)cc32)cc1. The van der Waals surface area contributed by atoms with Crippen molar-refractivity contribution in [3.8, 4) is 11.5 Å². The maximum Gasteiger partial charge on any atom is 0.315 e. The lowest BCUT2D eigenvalue weighted by Gasteiger charge is -2.24. The third-order valence-corrected chi connectivity index (χ3v) is 5.33. The summed E-state index contributed by atoms with van der Waals surface area (Å²) in [6.07, 6.45) is 2.97. The number of carbonyl (C=O) groups is 1. The summed E-state index contributed by atoms with van der Waals surface area (Å²) in [6.45, 7) is 0.472. The number of hydrogen-bond donors (Lipinski definition) is 3. The molecule has 0 radical (unpaired) electrons. The van der Waals surface area contributed by atoms with E-state index >= 15 is 0 Å². The van der Waals surface area contributed by atoms with Crippen LogP contribution in [0.15, 0.2) is 42.5 Å². The number of hydrogen-bond acceptors (Lipinski definition) is 3. The van der Waals surface area contributed by atoms with Crippen molar-refractivity contribution in [1.29, 1.82) is 0 Å². The van der Waals surface area contributed by atoms with E-state index in [1.165, 1.54) is 10.9 Å². The Hall–Kier alpha value is -3.15. The summed E-state index contributed by atoms with van der Waals surface area (Å²) >= 11 is 0. The summed E-state index contributed by atoms with van der Waals surface area (Å²) in [5.41, 5.74) is 4.49. The Kier molecular flexibility index (Phi) is 5.10. The Balaban J connectivity index is 1.44. The summed E-state index contributed by atoms with van der Waals surface area (Å²) < 4.78 is 10.5. The highest BCUT2D eigenvalue weighted by Gasteiger charge is 2.25. The van der Waals surface area contributed by atoms with Crippen LogP contribution in [0.25, 0.3) is 10.9 Å². The van der Waals surface area contributed by atoms with Gasteiger partial charge in [-0.2, -0.15) is 0 Å². The first-order valence-corrected chi connectivity index (χ1v) is 9.53. The first-order chi connectivity index (χ1) is 13.7. The third kappa shape index (κ3) is 3.63. The van der Waals surface area contributed by atoms with Gasteiger partial charge in [0.05, 0.1) is 20.3 Å². The average molecular weight is 379 g/mol. The highest BCUT2D eigenvalue weighted by atomic mass is 16.5. The Morgan fingerprint density at radius 2 is 1.86 bits per heavy atom. The smallest absolute Gasteiger partial charge is 0.315 e. The normalized spacial score (nSPS) is 15.7. The van der Waals surface area contributed by atoms with Crippen molar-refractivity contribution < 1.29 is 14.3 Å². The number of aromatic amines is 1. The van der Waals surface area contributed by atoms with E-state index in [1.807, 2.05) is 36.4 Å². The van der Waals surface area contributed by atoms with Crippen molar-refractivity contribution in [3.05, 3.63) is 59.3 Å². The number of nitrogens with one attached hydrogen (secondary N) is 3. The molecule has 0 unspecified atom stereocenters. The molecule has 3 aromatic rings. The first kappa shape index (κ1) is 18.2. The molecule has 1 heterocycles. The lowest BCUT2D eigenvalue weighted by molar-refractivity contribution is 0.235. The predicted octanol–water partition coefficient (Wildman–Crippen LogP) is 4.06. The van der Waals surface area contributed by atoms with E-state index in [0.717, 1.165) is 47.5 Å². The molecule has 3 N–H and O–H groups in total. The first-order valence-electron chi connectivity index (χ1n) is 9.53. The molecule has 1 aromatic heterocycles. The number of H-pyrrole nitrogens is 1. The summed E-state index contributed by atoms with van der Waals surface area (Å²) in [4.78, 5) is 15.9. The van der Waals surface area contributed by atoms with Crippen LogP contribution in [-0.4, -0.2) is 25.2 Å². The monoisotopic (exact) mass is 379 g/mol. The molecule has 6 nitrogen and oxygen atoms in total. The summed E-state index contributed by atoms with van der Waals surface area (Å²) in [6, 6.07) is 13.6.